The number of phenols is 1. The van der Waals surface area contributed by atoms with E-state index >= 15 is 0 Å². The van der Waals surface area contributed by atoms with Gasteiger partial charge >= 0.3 is 6.18 Å². The summed E-state index contributed by atoms with van der Waals surface area (Å²) < 4.78 is 37.0. The summed E-state index contributed by atoms with van der Waals surface area (Å²) in [5.41, 5.74) is -0.528. The molecule has 1 aromatic carbocycles. The second kappa shape index (κ2) is 3.12. The zero-order valence-corrected chi connectivity index (χ0v) is 7.42. The van der Waals surface area contributed by atoms with Crippen LogP contribution in [0.3, 0.4) is 0 Å². The minimum atomic E-state index is -4.44. The fourth-order valence-corrected chi connectivity index (χ4v) is 1.29. The fraction of sp³-hybridized carbons (Fsp3) is 0.100. The Morgan fingerprint density at radius 2 is 1.93 bits per heavy atom. The lowest BCUT2D eigenvalue weighted by Gasteiger charge is -2.07. The molecule has 1 heterocycles. The molecule has 0 amide bonds. The van der Waals surface area contributed by atoms with E-state index in [0.29, 0.717) is 5.52 Å². The second-order valence-corrected chi connectivity index (χ2v) is 3.07. The van der Waals surface area contributed by atoms with Crippen molar-refractivity contribution in [1.82, 2.24) is 4.98 Å². The van der Waals surface area contributed by atoms with E-state index in [0.717, 1.165) is 12.3 Å². The molecule has 2 nitrogen and oxygen atoms in total. The molecule has 78 valence electrons. The minimum Gasteiger partial charge on any atom is -0.507 e. The lowest BCUT2D eigenvalue weighted by Crippen LogP contribution is -2.05. The van der Waals surface area contributed by atoms with Gasteiger partial charge in [-0.15, -0.1) is 0 Å². The summed E-state index contributed by atoms with van der Waals surface area (Å²) in [6.07, 6.45) is -3.69. The number of pyridine rings is 1. The van der Waals surface area contributed by atoms with Crippen molar-refractivity contribution in [3.05, 3.63) is 36.0 Å². The molecule has 2 aromatic rings. The van der Waals surface area contributed by atoms with Gasteiger partial charge < -0.3 is 5.11 Å². The molecule has 1 aromatic heterocycles. The number of halogens is 3. The monoisotopic (exact) mass is 213 g/mol. The Morgan fingerprint density at radius 1 is 1.20 bits per heavy atom. The lowest BCUT2D eigenvalue weighted by molar-refractivity contribution is -0.137. The molecule has 0 radical (unpaired) electrons. The topological polar surface area (TPSA) is 33.1 Å². The number of fused-ring (bicyclic) bond motifs is 1. The normalized spacial score (nSPS) is 11.9. The molecule has 0 aliphatic heterocycles. The van der Waals surface area contributed by atoms with Crippen LogP contribution in [0.25, 0.3) is 10.9 Å². The van der Waals surface area contributed by atoms with E-state index < -0.39 is 11.7 Å². The van der Waals surface area contributed by atoms with Crippen molar-refractivity contribution in [3.8, 4) is 5.75 Å². The van der Waals surface area contributed by atoms with Crippen LogP contribution in [0.15, 0.2) is 30.5 Å². The Morgan fingerprint density at radius 3 is 2.60 bits per heavy atom. The largest absolute Gasteiger partial charge is 0.507 e. The molecule has 0 spiro atoms. The predicted molar refractivity (Wildman–Crippen MR) is 48.4 cm³/mol. The smallest absolute Gasteiger partial charge is 0.417 e. The number of benzene rings is 1. The molecule has 0 aliphatic carbocycles. The van der Waals surface area contributed by atoms with E-state index in [2.05, 4.69) is 4.98 Å². The first-order valence-corrected chi connectivity index (χ1v) is 4.13. The Balaban J connectivity index is 2.70. The summed E-state index contributed by atoms with van der Waals surface area (Å²) in [4.78, 5) is 3.63. The van der Waals surface area contributed by atoms with Crippen molar-refractivity contribution in [2.75, 3.05) is 0 Å². The summed E-state index contributed by atoms with van der Waals surface area (Å²) >= 11 is 0. The van der Waals surface area contributed by atoms with Gasteiger partial charge in [0.1, 0.15) is 5.75 Å². The van der Waals surface area contributed by atoms with Gasteiger partial charge in [-0.05, 0) is 18.2 Å². The first-order chi connectivity index (χ1) is 6.98. The minimum absolute atomic E-state index is 0.104. The Hall–Kier alpha value is -1.78. The maximum atomic E-state index is 12.3. The molecule has 0 unspecified atom stereocenters. The maximum absolute atomic E-state index is 12.3. The SMILES string of the molecule is Oc1cccc2ncc(C(F)(F)F)cc12. The summed E-state index contributed by atoms with van der Waals surface area (Å²) in [7, 11) is 0. The average molecular weight is 213 g/mol. The molecule has 2 rings (SSSR count). The van der Waals surface area contributed by atoms with Crippen LogP contribution in [0.1, 0.15) is 5.56 Å². The Bertz CT molecular complexity index is 507. The molecule has 0 bridgehead atoms. The highest BCUT2D eigenvalue weighted by molar-refractivity contribution is 5.85. The molecule has 5 heteroatoms. The quantitative estimate of drug-likeness (QED) is 0.729. The number of hydrogen-bond acceptors (Lipinski definition) is 2. The molecule has 0 atom stereocenters. The van der Waals surface area contributed by atoms with Gasteiger partial charge in [0.2, 0.25) is 0 Å². The number of aromatic nitrogens is 1. The van der Waals surface area contributed by atoms with Crippen LogP contribution >= 0.6 is 0 Å². The first-order valence-electron chi connectivity index (χ1n) is 4.13. The predicted octanol–water partition coefficient (Wildman–Crippen LogP) is 2.96. The number of phenolic OH excluding ortho intramolecular Hbond substituents is 1. The van der Waals surface area contributed by atoms with Crippen LogP contribution in [0.5, 0.6) is 5.75 Å². The van der Waals surface area contributed by atoms with Gasteiger partial charge in [-0.1, -0.05) is 6.07 Å². The van der Waals surface area contributed by atoms with Crippen molar-refractivity contribution in [2.45, 2.75) is 6.18 Å². The third-order valence-electron chi connectivity index (χ3n) is 2.03. The lowest BCUT2D eigenvalue weighted by atomic mass is 10.1. The van der Waals surface area contributed by atoms with Crippen molar-refractivity contribution in [3.63, 3.8) is 0 Å². The molecule has 1 N–H and O–H groups in total. The van der Waals surface area contributed by atoms with E-state index in [9.17, 15) is 18.3 Å². The van der Waals surface area contributed by atoms with Gasteiger partial charge in [-0.3, -0.25) is 4.98 Å². The molecular formula is C10H6F3NO. The first kappa shape index (κ1) is 9.76. The van der Waals surface area contributed by atoms with Crippen LogP contribution in [0.2, 0.25) is 0 Å². The van der Waals surface area contributed by atoms with Crippen LogP contribution in [0.4, 0.5) is 13.2 Å². The maximum Gasteiger partial charge on any atom is 0.417 e. The van der Waals surface area contributed by atoms with Crippen molar-refractivity contribution >= 4 is 10.9 Å². The van der Waals surface area contributed by atoms with Gasteiger partial charge in [-0.25, -0.2) is 0 Å². The van der Waals surface area contributed by atoms with E-state index in [1.807, 2.05) is 0 Å². The Labute approximate surface area is 83.0 Å². The molecule has 0 saturated heterocycles. The third-order valence-corrected chi connectivity index (χ3v) is 2.03. The molecule has 0 aliphatic rings. The van der Waals surface area contributed by atoms with E-state index in [-0.39, 0.29) is 11.1 Å². The van der Waals surface area contributed by atoms with E-state index in [1.165, 1.54) is 18.2 Å². The molecule has 0 fully saturated rings. The fourth-order valence-electron chi connectivity index (χ4n) is 1.29. The number of alkyl halides is 3. The summed E-state index contributed by atoms with van der Waals surface area (Å²) in [5.74, 6) is -0.203. The summed E-state index contributed by atoms with van der Waals surface area (Å²) in [6.45, 7) is 0. The van der Waals surface area contributed by atoms with Crippen molar-refractivity contribution in [2.24, 2.45) is 0 Å². The molecule has 0 saturated carbocycles. The molecule has 15 heavy (non-hydrogen) atoms. The summed E-state index contributed by atoms with van der Waals surface area (Å²) in [6, 6.07) is 5.27. The average Bonchev–Trinajstić information content (AvgIpc) is 2.16. The number of nitrogens with zero attached hydrogens (tertiary/aromatic N) is 1. The van der Waals surface area contributed by atoms with E-state index in [1.54, 1.807) is 0 Å². The summed E-state index contributed by atoms with van der Waals surface area (Å²) in [5, 5.41) is 9.46. The van der Waals surface area contributed by atoms with E-state index in [4.69, 9.17) is 0 Å². The second-order valence-electron chi connectivity index (χ2n) is 3.07. The number of rotatable bonds is 0. The van der Waals surface area contributed by atoms with Gasteiger partial charge in [0.15, 0.2) is 0 Å². The van der Waals surface area contributed by atoms with Gasteiger partial charge in [-0.2, -0.15) is 13.2 Å². The highest BCUT2D eigenvalue weighted by atomic mass is 19.4. The van der Waals surface area contributed by atoms with Crippen molar-refractivity contribution < 1.29 is 18.3 Å². The van der Waals surface area contributed by atoms with Gasteiger partial charge in [0.25, 0.3) is 0 Å². The Kier molecular flexibility index (Phi) is 2.03. The number of hydrogen-bond donors (Lipinski definition) is 1. The zero-order valence-electron chi connectivity index (χ0n) is 7.42. The van der Waals surface area contributed by atoms with Crippen molar-refractivity contribution in [1.29, 1.82) is 0 Å². The zero-order chi connectivity index (χ0) is 11.1. The highest BCUT2D eigenvalue weighted by Gasteiger charge is 2.31. The molecular weight excluding hydrogens is 207 g/mol. The highest BCUT2D eigenvalue weighted by Crippen LogP contribution is 2.32. The van der Waals surface area contributed by atoms with Crippen LogP contribution in [-0.2, 0) is 6.18 Å². The number of aromatic hydroxyl groups is 1. The van der Waals surface area contributed by atoms with Crippen LogP contribution < -0.4 is 0 Å². The van der Waals surface area contributed by atoms with Crippen LogP contribution in [-0.4, -0.2) is 10.1 Å². The standard InChI is InChI=1S/C10H6F3NO/c11-10(12,13)6-4-7-8(14-5-6)2-1-3-9(7)15/h1-5,15H. The van der Waals surface area contributed by atoms with Gasteiger partial charge in [0.05, 0.1) is 11.1 Å². The third kappa shape index (κ3) is 1.72. The van der Waals surface area contributed by atoms with Gasteiger partial charge in [0, 0.05) is 11.6 Å². The van der Waals surface area contributed by atoms with Crippen LogP contribution in [0, 0.1) is 0 Å².